The molecule has 3 nitrogen and oxygen atoms in total. The highest BCUT2D eigenvalue weighted by Crippen LogP contribution is 2.16. The lowest BCUT2D eigenvalue weighted by Crippen LogP contribution is -2.26. The molecule has 0 atom stereocenters. The molecule has 1 aromatic rings. The number of Topliss-reactive ketones (excluding diaryl/α,β-unsaturated/α-hetero) is 1. The standard InChI is InChI=1S/C15H21NO2/c1-4-5-13-7-9-14(10-8-13)16(3)15(18)11-6-12(2)17/h7-10H,4-6,11H2,1-3H3. The molecule has 0 unspecified atom stereocenters. The summed E-state index contributed by atoms with van der Waals surface area (Å²) >= 11 is 0. The molecule has 0 saturated heterocycles. The van der Waals surface area contributed by atoms with Crippen molar-refractivity contribution >= 4 is 17.4 Å². The van der Waals surface area contributed by atoms with Gasteiger partial charge in [0, 0.05) is 25.6 Å². The highest BCUT2D eigenvalue weighted by atomic mass is 16.2. The third kappa shape index (κ3) is 4.32. The first-order chi connectivity index (χ1) is 8.54. The molecular weight excluding hydrogens is 226 g/mol. The zero-order valence-corrected chi connectivity index (χ0v) is 11.4. The van der Waals surface area contributed by atoms with Crippen molar-refractivity contribution in [1.29, 1.82) is 0 Å². The number of carbonyl (C=O) groups is 2. The van der Waals surface area contributed by atoms with Gasteiger partial charge in [0.25, 0.3) is 0 Å². The minimum Gasteiger partial charge on any atom is -0.315 e. The van der Waals surface area contributed by atoms with Crippen LogP contribution in [0.5, 0.6) is 0 Å². The molecule has 0 aliphatic rings. The first-order valence-electron chi connectivity index (χ1n) is 6.39. The summed E-state index contributed by atoms with van der Waals surface area (Å²) in [6.07, 6.45) is 2.77. The van der Waals surface area contributed by atoms with Crippen LogP contribution in [0.3, 0.4) is 0 Å². The number of hydrogen-bond acceptors (Lipinski definition) is 2. The van der Waals surface area contributed by atoms with Crippen molar-refractivity contribution in [3.05, 3.63) is 29.8 Å². The normalized spacial score (nSPS) is 10.2. The van der Waals surface area contributed by atoms with Gasteiger partial charge in [0.05, 0.1) is 0 Å². The molecular formula is C15H21NO2. The number of benzene rings is 1. The third-order valence-electron chi connectivity index (χ3n) is 2.93. The average Bonchev–Trinajstić information content (AvgIpc) is 2.36. The van der Waals surface area contributed by atoms with Crippen LogP contribution in [0.2, 0.25) is 0 Å². The molecule has 0 radical (unpaired) electrons. The Labute approximate surface area is 109 Å². The van der Waals surface area contributed by atoms with Crippen molar-refractivity contribution in [1.82, 2.24) is 0 Å². The summed E-state index contributed by atoms with van der Waals surface area (Å²) in [6.45, 7) is 3.65. The fraction of sp³-hybridized carbons (Fsp3) is 0.467. The molecule has 1 aromatic carbocycles. The molecule has 3 heteroatoms. The summed E-state index contributed by atoms with van der Waals surface area (Å²) in [6, 6.07) is 8.01. The van der Waals surface area contributed by atoms with Crippen LogP contribution in [0.25, 0.3) is 0 Å². The fourth-order valence-electron chi connectivity index (χ4n) is 1.77. The maximum absolute atomic E-state index is 11.8. The van der Waals surface area contributed by atoms with Crippen molar-refractivity contribution < 1.29 is 9.59 Å². The molecule has 0 spiro atoms. The van der Waals surface area contributed by atoms with E-state index in [2.05, 4.69) is 6.92 Å². The molecule has 98 valence electrons. The van der Waals surface area contributed by atoms with E-state index in [9.17, 15) is 9.59 Å². The SMILES string of the molecule is CCCc1ccc(N(C)C(=O)CCC(C)=O)cc1. The molecule has 0 aliphatic carbocycles. The van der Waals surface area contributed by atoms with Crippen LogP contribution in [0, 0.1) is 0 Å². The van der Waals surface area contributed by atoms with Gasteiger partial charge in [0.15, 0.2) is 0 Å². The second kappa shape index (κ2) is 6.94. The van der Waals surface area contributed by atoms with Gasteiger partial charge < -0.3 is 9.69 Å². The summed E-state index contributed by atoms with van der Waals surface area (Å²) < 4.78 is 0. The van der Waals surface area contributed by atoms with Gasteiger partial charge in [-0.2, -0.15) is 0 Å². The molecule has 18 heavy (non-hydrogen) atoms. The first-order valence-corrected chi connectivity index (χ1v) is 6.39. The maximum Gasteiger partial charge on any atom is 0.227 e. The molecule has 0 N–H and O–H groups in total. The minimum absolute atomic E-state index is 0.0200. The second-order valence-corrected chi connectivity index (χ2v) is 4.57. The first kappa shape index (κ1) is 14.4. The lowest BCUT2D eigenvalue weighted by atomic mass is 10.1. The van der Waals surface area contributed by atoms with Gasteiger partial charge in [-0.25, -0.2) is 0 Å². The number of nitrogens with zero attached hydrogens (tertiary/aromatic N) is 1. The van der Waals surface area contributed by atoms with Gasteiger partial charge in [-0.3, -0.25) is 4.79 Å². The summed E-state index contributed by atoms with van der Waals surface area (Å²) in [5.41, 5.74) is 2.16. The van der Waals surface area contributed by atoms with Crippen molar-refractivity contribution in [2.24, 2.45) is 0 Å². The van der Waals surface area contributed by atoms with E-state index < -0.39 is 0 Å². The van der Waals surface area contributed by atoms with Crippen LogP contribution in [-0.4, -0.2) is 18.7 Å². The Balaban J connectivity index is 2.62. The summed E-state index contributed by atoms with van der Waals surface area (Å²) in [5, 5.41) is 0. The van der Waals surface area contributed by atoms with E-state index in [1.807, 2.05) is 24.3 Å². The second-order valence-electron chi connectivity index (χ2n) is 4.57. The largest absolute Gasteiger partial charge is 0.315 e. The van der Waals surface area contributed by atoms with E-state index in [0.717, 1.165) is 18.5 Å². The Bertz CT molecular complexity index is 409. The van der Waals surface area contributed by atoms with Gasteiger partial charge in [0.2, 0.25) is 5.91 Å². The summed E-state index contributed by atoms with van der Waals surface area (Å²) in [4.78, 5) is 24.3. The molecule has 1 rings (SSSR count). The zero-order valence-electron chi connectivity index (χ0n) is 11.4. The molecule has 0 aromatic heterocycles. The monoisotopic (exact) mass is 247 g/mol. The highest BCUT2D eigenvalue weighted by Gasteiger charge is 2.11. The Morgan fingerprint density at radius 3 is 2.22 bits per heavy atom. The number of anilines is 1. The average molecular weight is 247 g/mol. The van der Waals surface area contributed by atoms with Crippen molar-refractivity contribution in [3.8, 4) is 0 Å². The van der Waals surface area contributed by atoms with Gasteiger partial charge in [0.1, 0.15) is 5.78 Å². The van der Waals surface area contributed by atoms with E-state index >= 15 is 0 Å². The van der Waals surface area contributed by atoms with Gasteiger partial charge >= 0.3 is 0 Å². The fourth-order valence-corrected chi connectivity index (χ4v) is 1.77. The summed E-state index contributed by atoms with van der Waals surface area (Å²) in [7, 11) is 1.75. The quantitative estimate of drug-likeness (QED) is 0.775. The molecule has 0 saturated carbocycles. The van der Waals surface area contributed by atoms with Crippen LogP contribution >= 0.6 is 0 Å². The lowest BCUT2D eigenvalue weighted by molar-refractivity contribution is -0.122. The van der Waals surface area contributed by atoms with E-state index in [0.29, 0.717) is 6.42 Å². The van der Waals surface area contributed by atoms with Crippen LogP contribution in [0.4, 0.5) is 5.69 Å². The predicted molar refractivity (Wildman–Crippen MR) is 73.8 cm³/mol. The van der Waals surface area contributed by atoms with Crippen LogP contribution < -0.4 is 4.90 Å². The lowest BCUT2D eigenvalue weighted by Gasteiger charge is -2.17. The topological polar surface area (TPSA) is 37.4 Å². The Morgan fingerprint density at radius 1 is 1.11 bits per heavy atom. The van der Waals surface area contributed by atoms with Crippen molar-refractivity contribution in [2.75, 3.05) is 11.9 Å². The number of rotatable bonds is 6. The van der Waals surface area contributed by atoms with Gasteiger partial charge in [-0.15, -0.1) is 0 Å². The van der Waals surface area contributed by atoms with Crippen LogP contribution in [-0.2, 0) is 16.0 Å². The Morgan fingerprint density at radius 2 is 1.72 bits per heavy atom. The number of carbonyl (C=O) groups excluding carboxylic acids is 2. The summed E-state index contributed by atoms with van der Waals surface area (Å²) in [5.74, 6) is 0.0310. The molecule has 0 heterocycles. The molecule has 0 bridgehead atoms. The number of aryl methyl sites for hydroxylation is 1. The van der Waals surface area contributed by atoms with Crippen molar-refractivity contribution in [3.63, 3.8) is 0 Å². The molecule has 0 aliphatic heterocycles. The van der Waals surface area contributed by atoms with E-state index in [-0.39, 0.29) is 18.1 Å². The van der Waals surface area contributed by atoms with Crippen molar-refractivity contribution in [2.45, 2.75) is 39.5 Å². The Hall–Kier alpha value is -1.64. The maximum atomic E-state index is 11.8. The predicted octanol–water partition coefficient (Wildman–Crippen LogP) is 2.97. The minimum atomic E-state index is -0.0200. The van der Waals surface area contributed by atoms with E-state index in [1.165, 1.54) is 12.5 Å². The third-order valence-corrected chi connectivity index (χ3v) is 2.93. The van der Waals surface area contributed by atoms with Crippen LogP contribution in [0.15, 0.2) is 24.3 Å². The number of amides is 1. The van der Waals surface area contributed by atoms with Gasteiger partial charge in [-0.1, -0.05) is 25.5 Å². The van der Waals surface area contributed by atoms with Gasteiger partial charge in [-0.05, 0) is 31.0 Å². The number of ketones is 1. The van der Waals surface area contributed by atoms with E-state index in [4.69, 9.17) is 0 Å². The molecule has 1 amide bonds. The zero-order chi connectivity index (χ0) is 13.5. The highest BCUT2D eigenvalue weighted by molar-refractivity contribution is 5.94. The molecule has 0 fully saturated rings. The van der Waals surface area contributed by atoms with E-state index in [1.54, 1.807) is 11.9 Å². The smallest absolute Gasteiger partial charge is 0.227 e. The Kier molecular flexibility index (Phi) is 5.56. The van der Waals surface area contributed by atoms with Crippen LogP contribution in [0.1, 0.15) is 38.7 Å². The number of hydrogen-bond donors (Lipinski definition) is 0.